The molecule has 4 heteroatoms. The van der Waals surface area contributed by atoms with Crippen LogP contribution in [0.2, 0.25) is 0 Å². The van der Waals surface area contributed by atoms with E-state index in [1.165, 1.54) is 0 Å². The minimum absolute atomic E-state index is 0.380. The van der Waals surface area contributed by atoms with Crippen molar-refractivity contribution in [1.82, 2.24) is 4.98 Å². The summed E-state index contributed by atoms with van der Waals surface area (Å²) < 4.78 is 5.85. The predicted octanol–water partition coefficient (Wildman–Crippen LogP) is 6.21. The first-order valence-electron chi connectivity index (χ1n) is 9.88. The van der Waals surface area contributed by atoms with Gasteiger partial charge in [0.05, 0.1) is 16.8 Å². The lowest BCUT2D eigenvalue weighted by atomic mass is 10.0. The third-order valence-corrected chi connectivity index (χ3v) is 5.36. The van der Waals surface area contributed by atoms with Crippen LogP contribution < -0.4 is 4.74 Å². The van der Waals surface area contributed by atoms with Gasteiger partial charge in [0.1, 0.15) is 11.5 Å². The highest BCUT2D eigenvalue weighted by molar-refractivity contribution is 6.06. The zero-order chi connectivity index (χ0) is 20.5. The van der Waals surface area contributed by atoms with Gasteiger partial charge in [0.15, 0.2) is 0 Å². The number of carbonyl (C=O) groups is 1. The molecule has 0 saturated heterocycles. The largest absolute Gasteiger partial charge is 0.478 e. The van der Waals surface area contributed by atoms with Crippen molar-refractivity contribution in [3.05, 3.63) is 101 Å². The van der Waals surface area contributed by atoms with Gasteiger partial charge >= 0.3 is 5.97 Å². The Labute approximate surface area is 174 Å². The Morgan fingerprint density at radius 1 is 0.867 bits per heavy atom. The average Bonchev–Trinajstić information content (AvgIpc) is 3.16. The van der Waals surface area contributed by atoms with E-state index in [2.05, 4.69) is 6.08 Å². The van der Waals surface area contributed by atoms with Crippen LogP contribution >= 0.6 is 0 Å². The molecule has 4 nitrogen and oxygen atoms in total. The van der Waals surface area contributed by atoms with E-state index in [0.717, 1.165) is 40.3 Å². The van der Waals surface area contributed by atoms with E-state index in [1.54, 1.807) is 0 Å². The Balaban J connectivity index is 1.49. The van der Waals surface area contributed by atoms with Crippen molar-refractivity contribution in [2.24, 2.45) is 0 Å². The lowest BCUT2D eigenvalue weighted by molar-refractivity contribution is 0.0698. The summed E-state index contributed by atoms with van der Waals surface area (Å²) in [6.07, 6.45) is 3.56. The average molecular weight is 393 g/mol. The number of aromatic nitrogens is 1. The normalized spacial score (nSPS) is 14.1. The molecule has 1 aliphatic rings. The first kappa shape index (κ1) is 18.1. The zero-order valence-electron chi connectivity index (χ0n) is 16.2. The highest BCUT2D eigenvalue weighted by Crippen LogP contribution is 2.37. The van der Waals surface area contributed by atoms with E-state index in [1.807, 2.05) is 78.9 Å². The summed E-state index contributed by atoms with van der Waals surface area (Å²) in [6, 6.07) is 25.0. The van der Waals surface area contributed by atoms with Crippen molar-refractivity contribution < 1.29 is 14.6 Å². The van der Waals surface area contributed by atoms with Crippen LogP contribution in [0, 0.1) is 0 Å². The molecule has 5 rings (SSSR count). The summed E-state index contributed by atoms with van der Waals surface area (Å²) in [5, 5.41) is 10.5. The molecule has 0 unspecified atom stereocenters. The summed E-state index contributed by atoms with van der Waals surface area (Å²) in [5.41, 5.74) is 4.82. The van der Waals surface area contributed by atoms with Crippen LogP contribution in [0.1, 0.15) is 33.6 Å². The fourth-order valence-electron chi connectivity index (χ4n) is 3.98. The monoisotopic (exact) mass is 393 g/mol. The van der Waals surface area contributed by atoms with Crippen LogP contribution in [0.15, 0.2) is 78.9 Å². The Hall–Kier alpha value is -3.92. The third-order valence-electron chi connectivity index (χ3n) is 5.36. The summed E-state index contributed by atoms with van der Waals surface area (Å²) in [4.78, 5) is 16.8. The SMILES string of the molecule is O=C(O)c1c2c(nc3ccccc13)C(=Cc1ccc(Oc3ccccc3)cc1)CC2. The Morgan fingerprint density at radius 3 is 2.33 bits per heavy atom. The van der Waals surface area contributed by atoms with Gasteiger partial charge in [-0.15, -0.1) is 0 Å². The van der Waals surface area contributed by atoms with Crippen molar-refractivity contribution in [3.8, 4) is 11.5 Å². The van der Waals surface area contributed by atoms with Crippen molar-refractivity contribution in [2.75, 3.05) is 0 Å². The Bertz CT molecular complexity index is 1280. The van der Waals surface area contributed by atoms with Crippen LogP contribution in [-0.4, -0.2) is 16.1 Å². The minimum Gasteiger partial charge on any atom is -0.478 e. The van der Waals surface area contributed by atoms with E-state index in [-0.39, 0.29) is 0 Å². The van der Waals surface area contributed by atoms with Crippen molar-refractivity contribution in [3.63, 3.8) is 0 Å². The highest BCUT2D eigenvalue weighted by atomic mass is 16.5. The molecule has 1 aliphatic carbocycles. The maximum atomic E-state index is 12.0. The number of carboxylic acids is 1. The first-order chi connectivity index (χ1) is 14.7. The van der Waals surface area contributed by atoms with E-state index in [4.69, 9.17) is 9.72 Å². The zero-order valence-corrected chi connectivity index (χ0v) is 16.2. The summed E-state index contributed by atoms with van der Waals surface area (Å²) in [7, 11) is 0. The number of aromatic carboxylic acids is 1. The van der Waals surface area contributed by atoms with Gasteiger partial charge in [0, 0.05) is 5.39 Å². The van der Waals surface area contributed by atoms with E-state index >= 15 is 0 Å². The summed E-state index contributed by atoms with van der Waals surface area (Å²) >= 11 is 0. The van der Waals surface area contributed by atoms with Gasteiger partial charge in [0.25, 0.3) is 0 Å². The minimum atomic E-state index is -0.895. The second kappa shape index (κ2) is 7.48. The van der Waals surface area contributed by atoms with Gasteiger partial charge in [-0.05, 0) is 65.9 Å². The van der Waals surface area contributed by atoms with Gasteiger partial charge in [-0.3, -0.25) is 0 Å². The first-order valence-corrected chi connectivity index (χ1v) is 9.88. The highest BCUT2D eigenvalue weighted by Gasteiger charge is 2.26. The fourth-order valence-corrected chi connectivity index (χ4v) is 3.98. The molecular formula is C26H19NO3. The number of allylic oxidation sites excluding steroid dienone is 1. The van der Waals surface area contributed by atoms with Crippen LogP contribution in [0.3, 0.4) is 0 Å². The molecule has 0 aliphatic heterocycles. The van der Waals surface area contributed by atoms with Gasteiger partial charge in [-0.2, -0.15) is 0 Å². The van der Waals surface area contributed by atoms with E-state index < -0.39 is 5.97 Å². The number of ether oxygens (including phenoxy) is 1. The molecular weight excluding hydrogens is 374 g/mol. The molecule has 0 radical (unpaired) electrons. The second-order valence-electron chi connectivity index (χ2n) is 7.29. The molecule has 4 aromatic rings. The van der Waals surface area contributed by atoms with Gasteiger partial charge < -0.3 is 9.84 Å². The number of para-hydroxylation sites is 2. The molecule has 3 aromatic carbocycles. The van der Waals surface area contributed by atoms with Crippen LogP contribution in [-0.2, 0) is 6.42 Å². The van der Waals surface area contributed by atoms with E-state index in [9.17, 15) is 9.90 Å². The number of hydrogen-bond acceptors (Lipinski definition) is 3. The number of nitrogens with zero attached hydrogens (tertiary/aromatic N) is 1. The Morgan fingerprint density at radius 2 is 1.57 bits per heavy atom. The summed E-state index contributed by atoms with van der Waals surface area (Å²) in [5.74, 6) is 0.673. The molecule has 0 saturated carbocycles. The standard InChI is InChI=1S/C26H19NO3/c28-26(29)24-21-8-4-5-9-23(21)27-25-18(12-15-22(24)25)16-17-10-13-20(14-11-17)30-19-6-2-1-3-7-19/h1-11,13-14,16H,12,15H2,(H,28,29). The predicted molar refractivity (Wildman–Crippen MR) is 118 cm³/mol. The van der Waals surface area contributed by atoms with Crippen molar-refractivity contribution >= 4 is 28.5 Å². The van der Waals surface area contributed by atoms with Crippen LogP contribution in [0.25, 0.3) is 22.6 Å². The lowest BCUT2D eigenvalue weighted by Crippen LogP contribution is -2.05. The molecule has 1 N–H and O–H groups in total. The fraction of sp³-hybridized carbons (Fsp3) is 0.0769. The second-order valence-corrected chi connectivity index (χ2v) is 7.29. The molecule has 0 spiro atoms. The van der Waals surface area contributed by atoms with Gasteiger partial charge in [0.2, 0.25) is 0 Å². The number of benzene rings is 3. The number of hydrogen-bond donors (Lipinski definition) is 1. The maximum absolute atomic E-state index is 12.0. The van der Waals surface area contributed by atoms with Gasteiger partial charge in [-0.1, -0.05) is 48.5 Å². The number of fused-ring (bicyclic) bond motifs is 2. The van der Waals surface area contributed by atoms with Crippen LogP contribution in [0.5, 0.6) is 11.5 Å². The molecule has 0 atom stereocenters. The molecule has 0 amide bonds. The van der Waals surface area contributed by atoms with Crippen molar-refractivity contribution in [2.45, 2.75) is 12.8 Å². The maximum Gasteiger partial charge on any atom is 0.336 e. The number of rotatable bonds is 4. The van der Waals surface area contributed by atoms with E-state index in [0.29, 0.717) is 22.9 Å². The smallest absolute Gasteiger partial charge is 0.336 e. The molecule has 30 heavy (non-hydrogen) atoms. The summed E-state index contributed by atoms with van der Waals surface area (Å²) in [6.45, 7) is 0. The lowest BCUT2D eigenvalue weighted by Gasteiger charge is -2.09. The molecule has 0 fully saturated rings. The Kier molecular flexibility index (Phi) is 4.52. The third kappa shape index (κ3) is 3.33. The van der Waals surface area contributed by atoms with Crippen molar-refractivity contribution in [1.29, 1.82) is 0 Å². The number of pyridine rings is 1. The quantitative estimate of drug-likeness (QED) is 0.448. The molecule has 1 aromatic heterocycles. The topological polar surface area (TPSA) is 59.4 Å². The van der Waals surface area contributed by atoms with Crippen LogP contribution in [0.4, 0.5) is 0 Å². The number of carboxylic acid groups (broad SMARTS) is 1. The molecule has 1 heterocycles. The molecule has 0 bridgehead atoms. The molecule has 146 valence electrons. The van der Waals surface area contributed by atoms with Gasteiger partial charge in [-0.25, -0.2) is 9.78 Å².